The zero-order valence-corrected chi connectivity index (χ0v) is 8.62. The molecule has 1 unspecified atom stereocenters. The van der Waals surface area contributed by atoms with Gasteiger partial charge in [-0.15, -0.1) is 0 Å². The number of ether oxygens (including phenoxy) is 3. The first kappa shape index (κ1) is 12.8. The Morgan fingerprint density at radius 2 is 1.77 bits per heavy atom. The summed E-state index contributed by atoms with van der Waals surface area (Å²) in [5, 5.41) is 0. The van der Waals surface area contributed by atoms with Crippen LogP contribution in [0.15, 0.2) is 0 Å². The molecule has 0 amide bonds. The molecule has 0 aliphatic rings. The van der Waals surface area contributed by atoms with Crippen LogP contribution in [0.25, 0.3) is 0 Å². The number of hydrogen-bond acceptors (Lipinski definition) is 4. The SMILES string of the molecule is CCCOCC(COCCN)OC. The number of hydrogen-bond donors (Lipinski definition) is 1. The zero-order valence-electron chi connectivity index (χ0n) is 8.62. The molecule has 0 saturated heterocycles. The van der Waals surface area contributed by atoms with E-state index in [1.807, 2.05) is 0 Å². The molecule has 4 heteroatoms. The van der Waals surface area contributed by atoms with E-state index in [0.29, 0.717) is 26.4 Å². The van der Waals surface area contributed by atoms with Crippen molar-refractivity contribution in [2.45, 2.75) is 19.4 Å². The van der Waals surface area contributed by atoms with Gasteiger partial charge in [-0.1, -0.05) is 6.92 Å². The number of rotatable bonds is 9. The van der Waals surface area contributed by atoms with Gasteiger partial charge in [-0.2, -0.15) is 0 Å². The predicted molar refractivity (Wildman–Crippen MR) is 51.8 cm³/mol. The fourth-order valence-corrected chi connectivity index (χ4v) is 0.841. The minimum atomic E-state index is 0.0260. The van der Waals surface area contributed by atoms with E-state index in [4.69, 9.17) is 19.9 Å². The van der Waals surface area contributed by atoms with Crippen molar-refractivity contribution in [2.75, 3.05) is 40.1 Å². The van der Waals surface area contributed by atoms with Crippen LogP contribution < -0.4 is 5.73 Å². The lowest BCUT2D eigenvalue weighted by molar-refractivity contribution is -0.0393. The van der Waals surface area contributed by atoms with Gasteiger partial charge < -0.3 is 19.9 Å². The first-order chi connectivity index (χ1) is 6.35. The summed E-state index contributed by atoms with van der Waals surface area (Å²) in [6.07, 6.45) is 1.05. The first-order valence-electron chi connectivity index (χ1n) is 4.73. The van der Waals surface area contributed by atoms with Gasteiger partial charge >= 0.3 is 0 Å². The van der Waals surface area contributed by atoms with Gasteiger partial charge in [-0.25, -0.2) is 0 Å². The topological polar surface area (TPSA) is 53.7 Å². The van der Waals surface area contributed by atoms with Crippen molar-refractivity contribution < 1.29 is 14.2 Å². The second kappa shape index (κ2) is 9.92. The molecule has 0 aliphatic carbocycles. The van der Waals surface area contributed by atoms with Gasteiger partial charge in [-0.3, -0.25) is 0 Å². The minimum Gasteiger partial charge on any atom is -0.379 e. The second-order valence-electron chi connectivity index (χ2n) is 2.80. The normalized spacial score (nSPS) is 13.2. The van der Waals surface area contributed by atoms with Crippen LogP contribution in [0, 0.1) is 0 Å². The molecule has 0 aromatic carbocycles. The maximum absolute atomic E-state index is 5.33. The summed E-state index contributed by atoms with van der Waals surface area (Å²) in [5.74, 6) is 0. The van der Waals surface area contributed by atoms with Gasteiger partial charge in [0.2, 0.25) is 0 Å². The molecule has 0 heterocycles. The summed E-state index contributed by atoms with van der Waals surface area (Å²) in [4.78, 5) is 0. The van der Waals surface area contributed by atoms with Gasteiger partial charge in [0, 0.05) is 20.3 Å². The Bertz CT molecular complexity index is 90.9. The Hall–Kier alpha value is -0.160. The quantitative estimate of drug-likeness (QED) is 0.536. The molecule has 0 rings (SSSR count). The summed E-state index contributed by atoms with van der Waals surface area (Å²) < 4.78 is 15.7. The number of methoxy groups -OCH3 is 1. The van der Waals surface area contributed by atoms with Crippen LogP contribution >= 0.6 is 0 Å². The third-order valence-electron chi connectivity index (χ3n) is 1.55. The lowest BCUT2D eigenvalue weighted by Crippen LogP contribution is -2.26. The van der Waals surface area contributed by atoms with Crippen LogP contribution in [0.1, 0.15) is 13.3 Å². The van der Waals surface area contributed by atoms with Crippen molar-refractivity contribution in [3.05, 3.63) is 0 Å². The molecular weight excluding hydrogens is 170 g/mol. The zero-order chi connectivity index (χ0) is 9.94. The van der Waals surface area contributed by atoms with Crippen molar-refractivity contribution in [1.29, 1.82) is 0 Å². The first-order valence-corrected chi connectivity index (χ1v) is 4.73. The van der Waals surface area contributed by atoms with Crippen LogP contribution in [0.3, 0.4) is 0 Å². The average molecular weight is 191 g/mol. The maximum atomic E-state index is 5.33. The van der Waals surface area contributed by atoms with Crippen molar-refractivity contribution in [3.63, 3.8) is 0 Å². The molecule has 80 valence electrons. The number of nitrogens with two attached hydrogens (primary N) is 1. The molecule has 0 aromatic heterocycles. The molecule has 0 aliphatic heterocycles. The molecule has 2 N–H and O–H groups in total. The van der Waals surface area contributed by atoms with Gasteiger partial charge in [0.1, 0.15) is 6.10 Å². The summed E-state index contributed by atoms with van der Waals surface area (Å²) >= 11 is 0. The second-order valence-corrected chi connectivity index (χ2v) is 2.80. The van der Waals surface area contributed by atoms with E-state index in [1.54, 1.807) is 7.11 Å². The van der Waals surface area contributed by atoms with E-state index in [0.717, 1.165) is 13.0 Å². The van der Waals surface area contributed by atoms with Crippen molar-refractivity contribution in [3.8, 4) is 0 Å². The Balaban J connectivity index is 3.28. The van der Waals surface area contributed by atoms with Crippen LogP contribution in [-0.4, -0.2) is 46.2 Å². The summed E-state index contributed by atoms with van der Waals surface area (Å²) in [5.41, 5.74) is 5.28. The summed E-state index contributed by atoms with van der Waals surface area (Å²) in [6.45, 7) is 5.12. The lowest BCUT2D eigenvalue weighted by atomic mass is 10.4. The monoisotopic (exact) mass is 191 g/mol. The smallest absolute Gasteiger partial charge is 0.104 e. The molecule has 0 radical (unpaired) electrons. The Kier molecular flexibility index (Phi) is 9.80. The third kappa shape index (κ3) is 8.18. The van der Waals surface area contributed by atoms with Crippen molar-refractivity contribution >= 4 is 0 Å². The highest BCUT2D eigenvalue weighted by Crippen LogP contribution is 1.93. The maximum Gasteiger partial charge on any atom is 0.104 e. The van der Waals surface area contributed by atoms with Gasteiger partial charge in [-0.05, 0) is 6.42 Å². The molecule has 1 atom stereocenters. The van der Waals surface area contributed by atoms with Gasteiger partial charge in [0.25, 0.3) is 0 Å². The Morgan fingerprint density at radius 1 is 1.15 bits per heavy atom. The van der Waals surface area contributed by atoms with E-state index in [9.17, 15) is 0 Å². The summed E-state index contributed by atoms with van der Waals surface area (Å²) in [7, 11) is 1.66. The largest absolute Gasteiger partial charge is 0.379 e. The third-order valence-corrected chi connectivity index (χ3v) is 1.55. The van der Waals surface area contributed by atoms with Gasteiger partial charge in [0.15, 0.2) is 0 Å². The molecule has 0 bridgehead atoms. The molecule has 13 heavy (non-hydrogen) atoms. The van der Waals surface area contributed by atoms with Crippen LogP contribution in [0.2, 0.25) is 0 Å². The highest BCUT2D eigenvalue weighted by molar-refractivity contribution is 4.53. The molecular formula is C9H21NO3. The van der Waals surface area contributed by atoms with Crippen LogP contribution in [0.4, 0.5) is 0 Å². The van der Waals surface area contributed by atoms with E-state index >= 15 is 0 Å². The molecule has 4 nitrogen and oxygen atoms in total. The van der Waals surface area contributed by atoms with Crippen molar-refractivity contribution in [1.82, 2.24) is 0 Å². The van der Waals surface area contributed by atoms with Crippen LogP contribution in [0.5, 0.6) is 0 Å². The molecule has 0 aromatic rings. The summed E-state index contributed by atoms with van der Waals surface area (Å²) in [6, 6.07) is 0. The highest BCUT2D eigenvalue weighted by atomic mass is 16.6. The highest BCUT2D eigenvalue weighted by Gasteiger charge is 2.06. The van der Waals surface area contributed by atoms with Crippen molar-refractivity contribution in [2.24, 2.45) is 5.73 Å². The van der Waals surface area contributed by atoms with Gasteiger partial charge in [0.05, 0.1) is 19.8 Å². The molecule has 0 saturated carbocycles. The molecule has 0 fully saturated rings. The Labute approximate surface area is 80.3 Å². The van der Waals surface area contributed by atoms with E-state index in [1.165, 1.54) is 0 Å². The van der Waals surface area contributed by atoms with E-state index in [-0.39, 0.29) is 6.10 Å². The average Bonchev–Trinajstić information content (AvgIpc) is 2.16. The standard InChI is InChI=1S/C9H21NO3/c1-3-5-12-7-9(11-2)8-13-6-4-10/h9H,3-8,10H2,1-2H3. The van der Waals surface area contributed by atoms with E-state index < -0.39 is 0 Å². The lowest BCUT2D eigenvalue weighted by Gasteiger charge is -2.15. The van der Waals surface area contributed by atoms with Crippen LogP contribution in [-0.2, 0) is 14.2 Å². The fourth-order valence-electron chi connectivity index (χ4n) is 0.841. The fraction of sp³-hybridized carbons (Fsp3) is 1.00. The van der Waals surface area contributed by atoms with E-state index in [2.05, 4.69) is 6.92 Å². The predicted octanol–water partition coefficient (Wildman–Crippen LogP) is 0.403. The molecule has 0 spiro atoms. The minimum absolute atomic E-state index is 0.0260. The Morgan fingerprint density at radius 3 is 2.23 bits per heavy atom.